The largest absolute Gasteiger partial charge is 0.508 e. The fraction of sp³-hybridized carbons (Fsp3) is 0.136. The summed E-state index contributed by atoms with van der Waals surface area (Å²) < 4.78 is 0. The highest BCUT2D eigenvalue weighted by Gasteiger charge is 2.41. The first-order valence-corrected chi connectivity index (χ1v) is 9.16. The number of aryl methyl sites for hydroxylation is 1. The van der Waals surface area contributed by atoms with Gasteiger partial charge in [-0.05, 0) is 36.2 Å². The van der Waals surface area contributed by atoms with Gasteiger partial charge in [-0.25, -0.2) is 9.69 Å². The zero-order chi connectivity index (χ0) is 20.5. The van der Waals surface area contributed by atoms with Crippen LogP contribution >= 0.6 is 0 Å². The number of phenols is 1. The Labute approximate surface area is 166 Å². The van der Waals surface area contributed by atoms with E-state index in [-0.39, 0.29) is 17.9 Å². The maximum absolute atomic E-state index is 13.0. The van der Waals surface area contributed by atoms with Gasteiger partial charge in [0.2, 0.25) is 0 Å². The Kier molecular flexibility index (Phi) is 4.64. The average Bonchev–Trinajstić information content (AvgIpc) is 2.97. The minimum absolute atomic E-state index is 0.0116. The number of phenolic OH excluding ortho intramolecular Hbond substituents is 1. The minimum Gasteiger partial charge on any atom is -0.508 e. The molecule has 0 saturated carbocycles. The van der Waals surface area contributed by atoms with Crippen LogP contribution in [0.25, 0.3) is 11.1 Å². The summed E-state index contributed by atoms with van der Waals surface area (Å²) in [5, 5.41) is 12.1. The SMILES string of the molecule is Cc1cc(-c2ccccc2)c(N2C(=O)NC(Cc3ccc(O)cc3)C2=O)c(=O)[nH]1. The second-order valence-corrected chi connectivity index (χ2v) is 6.96. The highest BCUT2D eigenvalue weighted by atomic mass is 16.3. The summed E-state index contributed by atoms with van der Waals surface area (Å²) in [7, 11) is 0. The van der Waals surface area contributed by atoms with Crippen LogP contribution in [0.3, 0.4) is 0 Å². The Morgan fingerprint density at radius 1 is 1.00 bits per heavy atom. The number of aromatic hydroxyl groups is 1. The van der Waals surface area contributed by atoms with E-state index in [1.807, 2.05) is 30.3 Å². The number of pyridine rings is 1. The molecular formula is C22H19N3O4. The van der Waals surface area contributed by atoms with Crippen LogP contribution in [-0.2, 0) is 11.2 Å². The Bertz CT molecular complexity index is 1140. The van der Waals surface area contributed by atoms with Gasteiger partial charge in [0.25, 0.3) is 11.5 Å². The van der Waals surface area contributed by atoms with E-state index in [2.05, 4.69) is 10.3 Å². The van der Waals surface area contributed by atoms with Gasteiger partial charge in [-0.1, -0.05) is 42.5 Å². The molecule has 1 unspecified atom stereocenters. The summed E-state index contributed by atoms with van der Waals surface area (Å²) in [5.74, 6) is -0.370. The molecule has 1 saturated heterocycles. The van der Waals surface area contributed by atoms with E-state index in [0.717, 1.165) is 16.0 Å². The van der Waals surface area contributed by atoms with E-state index < -0.39 is 23.5 Å². The highest BCUT2D eigenvalue weighted by molar-refractivity contribution is 6.22. The van der Waals surface area contributed by atoms with Crippen molar-refractivity contribution in [3.05, 3.63) is 82.3 Å². The lowest BCUT2D eigenvalue weighted by molar-refractivity contribution is -0.118. The molecule has 146 valence electrons. The van der Waals surface area contributed by atoms with Crippen molar-refractivity contribution < 1.29 is 14.7 Å². The van der Waals surface area contributed by atoms with Crippen LogP contribution in [0.5, 0.6) is 5.75 Å². The smallest absolute Gasteiger partial charge is 0.329 e. The summed E-state index contributed by atoms with van der Waals surface area (Å²) in [6.45, 7) is 1.75. The predicted molar refractivity (Wildman–Crippen MR) is 109 cm³/mol. The number of aromatic nitrogens is 1. The van der Waals surface area contributed by atoms with E-state index in [4.69, 9.17) is 0 Å². The minimum atomic E-state index is -0.795. The van der Waals surface area contributed by atoms with E-state index in [9.17, 15) is 19.5 Å². The van der Waals surface area contributed by atoms with Crippen molar-refractivity contribution in [1.29, 1.82) is 0 Å². The van der Waals surface area contributed by atoms with Gasteiger partial charge in [0.15, 0.2) is 0 Å². The number of aromatic amines is 1. The Balaban J connectivity index is 1.73. The van der Waals surface area contributed by atoms with E-state index in [1.165, 1.54) is 12.1 Å². The Morgan fingerprint density at radius 3 is 2.38 bits per heavy atom. The molecule has 2 heterocycles. The van der Waals surface area contributed by atoms with E-state index >= 15 is 0 Å². The third kappa shape index (κ3) is 3.50. The maximum Gasteiger partial charge on any atom is 0.329 e. The first-order valence-electron chi connectivity index (χ1n) is 9.16. The summed E-state index contributed by atoms with van der Waals surface area (Å²) in [5.41, 5.74) is 2.17. The number of hydrogen-bond acceptors (Lipinski definition) is 4. The van der Waals surface area contributed by atoms with Crippen LogP contribution in [0.2, 0.25) is 0 Å². The van der Waals surface area contributed by atoms with Crippen molar-refractivity contribution in [1.82, 2.24) is 10.3 Å². The molecule has 4 rings (SSSR count). The van der Waals surface area contributed by atoms with Gasteiger partial charge < -0.3 is 15.4 Å². The third-order valence-electron chi connectivity index (χ3n) is 4.85. The lowest BCUT2D eigenvalue weighted by Gasteiger charge is -2.17. The molecule has 0 aliphatic carbocycles. The number of carbonyl (C=O) groups excluding carboxylic acids is 2. The van der Waals surface area contributed by atoms with Crippen molar-refractivity contribution >= 4 is 17.6 Å². The lowest BCUT2D eigenvalue weighted by Crippen LogP contribution is -2.36. The average molecular weight is 389 g/mol. The zero-order valence-electron chi connectivity index (χ0n) is 15.7. The fourth-order valence-electron chi connectivity index (χ4n) is 3.49. The summed E-state index contributed by atoms with van der Waals surface area (Å²) in [6, 6.07) is 15.9. The monoisotopic (exact) mass is 389 g/mol. The van der Waals surface area contributed by atoms with Crippen molar-refractivity contribution in [2.45, 2.75) is 19.4 Å². The van der Waals surface area contributed by atoms with Gasteiger partial charge >= 0.3 is 6.03 Å². The van der Waals surface area contributed by atoms with Crippen LogP contribution in [0.1, 0.15) is 11.3 Å². The van der Waals surface area contributed by atoms with Crippen LogP contribution in [-0.4, -0.2) is 28.1 Å². The molecule has 1 aromatic heterocycles. The van der Waals surface area contributed by atoms with Crippen LogP contribution in [0.15, 0.2) is 65.5 Å². The third-order valence-corrected chi connectivity index (χ3v) is 4.85. The van der Waals surface area contributed by atoms with Gasteiger partial charge in [0.1, 0.15) is 17.5 Å². The van der Waals surface area contributed by atoms with Gasteiger partial charge in [-0.2, -0.15) is 0 Å². The molecule has 7 nitrogen and oxygen atoms in total. The number of amides is 3. The number of imide groups is 1. The summed E-state index contributed by atoms with van der Waals surface area (Å²) in [4.78, 5) is 42.1. The number of benzene rings is 2. The second-order valence-electron chi connectivity index (χ2n) is 6.96. The first kappa shape index (κ1) is 18.5. The molecule has 1 aliphatic rings. The quantitative estimate of drug-likeness (QED) is 0.597. The standard InChI is InChI=1S/C22H19N3O4/c1-13-11-17(15-5-3-2-4-6-15)19(20(27)23-13)25-21(28)18(24-22(25)29)12-14-7-9-16(26)10-8-14/h2-11,18,26H,12H2,1H3,(H,23,27)(H,24,29). The van der Waals surface area contributed by atoms with Crippen LogP contribution in [0.4, 0.5) is 10.5 Å². The zero-order valence-corrected chi connectivity index (χ0v) is 15.7. The number of urea groups is 1. The Morgan fingerprint density at radius 2 is 1.69 bits per heavy atom. The first-order chi connectivity index (χ1) is 13.9. The predicted octanol–water partition coefficient (Wildman–Crippen LogP) is 2.72. The second kappa shape index (κ2) is 7.27. The molecule has 7 heteroatoms. The molecule has 1 aliphatic heterocycles. The van der Waals surface area contributed by atoms with Crippen LogP contribution in [0, 0.1) is 6.92 Å². The molecule has 3 amide bonds. The number of H-pyrrole nitrogens is 1. The van der Waals surface area contributed by atoms with Crippen molar-refractivity contribution in [3.63, 3.8) is 0 Å². The van der Waals surface area contributed by atoms with Crippen molar-refractivity contribution in [3.8, 4) is 16.9 Å². The van der Waals surface area contributed by atoms with Crippen molar-refractivity contribution in [2.75, 3.05) is 4.90 Å². The van der Waals surface area contributed by atoms with Gasteiger partial charge in [0, 0.05) is 17.7 Å². The molecule has 2 aromatic carbocycles. The fourth-order valence-corrected chi connectivity index (χ4v) is 3.49. The molecule has 1 atom stereocenters. The lowest BCUT2D eigenvalue weighted by atomic mass is 10.0. The Hall–Kier alpha value is -3.87. The molecule has 0 radical (unpaired) electrons. The topological polar surface area (TPSA) is 102 Å². The number of carbonyl (C=O) groups is 2. The summed E-state index contributed by atoms with van der Waals surface area (Å²) in [6.07, 6.45) is 0.256. The number of nitrogens with zero attached hydrogens (tertiary/aromatic N) is 1. The molecular weight excluding hydrogens is 370 g/mol. The normalized spacial score (nSPS) is 16.2. The van der Waals surface area contributed by atoms with Gasteiger partial charge in [-0.15, -0.1) is 0 Å². The van der Waals surface area contributed by atoms with Crippen molar-refractivity contribution in [2.24, 2.45) is 0 Å². The maximum atomic E-state index is 13.0. The number of rotatable bonds is 4. The number of anilines is 1. The number of nitrogens with one attached hydrogen (secondary N) is 2. The molecule has 0 spiro atoms. The molecule has 3 aromatic rings. The van der Waals surface area contributed by atoms with Crippen LogP contribution < -0.4 is 15.8 Å². The molecule has 1 fully saturated rings. The molecule has 29 heavy (non-hydrogen) atoms. The molecule has 3 N–H and O–H groups in total. The summed E-state index contributed by atoms with van der Waals surface area (Å²) >= 11 is 0. The highest BCUT2D eigenvalue weighted by Crippen LogP contribution is 2.30. The number of hydrogen-bond donors (Lipinski definition) is 3. The van der Waals surface area contributed by atoms with E-state index in [1.54, 1.807) is 25.1 Å². The van der Waals surface area contributed by atoms with Gasteiger partial charge in [-0.3, -0.25) is 9.59 Å². The van der Waals surface area contributed by atoms with E-state index in [0.29, 0.717) is 11.3 Å². The van der Waals surface area contributed by atoms with Gasteiger partial charge in [0.05, 0.1) is 0 Å². The molecule has 0 bridgehead atoms.